The van der Waals surface area contributed by atoms with Crippen LogP contribution >= 0.6 is 24.0 Å². The van der Waals surface area contributed by atoms with Crippen molar-refractivity contribution < 1.29 is 4.79 Å². The van der Waals surface area contributed by atoms with Gasteiger partial charge in [0.15, 0.2) is 5.96 Å². The predicted octanol–water partition coefficient (Wildman–Crippen LogP) is 3.09. The van der Waals surface area contributed by atoms with E-state index in [-0.39, 0.29) is 29.9 Å². The average Bonchev–Trinajstić information content (AvgIpc) is 2.69. The summed E-state index contributed by atoms with van der Waals surface area (Å²) in [5.41, 5.74) is 2.72. The van der Waals surface area contributed by atoms with E-state index in [2.05, 4.69) is 32.9 Å². The summed E-state index contributed by atoms with van der Waals surface area (Å²) in [5, 5.41) is 9.41. The first kappa shape index (κ1) is 22.9. The number of nitrogens with one attached hydrogen (secondary N) is 3. The Kier molecular flexibility index (Phi) is 11.1. The average molecular weight is 481 g/mol. The fraction of sp³-hybridized carbons (Fsp3) is 0.350. The number of hydrogen-bond acceptors (Lipinski definition) is 3. The van der Waals surface area contributed by atoms with Crippen molar-refractivity contribution in [2.24, 2.45) is 4.99 Å². The van der Waals surface area contributed by atoms with Gasteiger partial charge in [0.2, 0.25) is 0 Å². The highest BCUT2D eigenvalue weighted by molar-refractivity contribution is 14.0. The van der Waals surface area contributed by atoms with E-state index < -0.39 is 0 Å². The van der Waals surface area contributed by atoms with E-state index in [1.54, 1.807) is 13.2 Å². The number of hydrogen-bond donors (Lipinski definition) is 3. The monoisotopic (exact) mass is 481 g/mol. The first-order chi connectivity index (χ1) is 12.7. The Morgan fingerprint density at radius 1 is 1.04 bits per heavy atom. The zero-order valence-electron chi connectivity index (χ0n) is 15.9. The van der Waals surface area contributed by atoms with E-state index in [4.69, 9.17) is 0 Å². The molecule has 1 amide bonds. The van der Waals surface area contributed by atoms with Crippen LogP contribution in [0.4, 0.5) is 0 Å². The van der Waals surface area contributed by atoms with Crippen LogP contribution in [0.15, 0.2) is 53.7 Å². The van der Waals surface area contributed by atoms with Crippen LogP contribution < -0.4 is 16.0 Å². The van der Waals surface area contributed by atoms with Crippen LogP contribution in [-0.2, 0) is 13.1 Å². The molecule has 6 nitrogen and oxygen atoms in total. The Labute approximate surface area is 178 Å². The van der Waals surface area contributed by atoms with Crippen LogP contribution in [0.3, 0.4) is 0 Å². The quantitative estimate of drug-likeness (QED) is 0.235. The van der Waals surface area contributed by atoms with Crippen molar-refractivity contribution in [1.82, 2.24) is 20.9 Å². The highest BCUT2D eigenvalue weighted by atomic mass is 127. The van der Waals surface area contributed by atoms with Gasteiger partial charge in [0.1, 0.15) is 0 Å². The summed E-state index contributed by atoms with van der Waals surface area (Å²) in [4.78, 5) is 20.5. The van der Waals surface area contributed by atoms with Crippen molar-refractivity contribution in [3.05, 3.63) is 65.5 Å². The summed E-state index contributed by atoms with van der Waals surface area (Å²) in [5.74, 6) is 0.683. The van der Waals surface area contributed by atoms with Crippen LogP contribution in [0.25, 0.3) is 0 Å². The van der Waals surface area contributed by atoms with E-state index in [0.717, 1.165) is 30.6 Å². The van der Waals surface area contributed by atoms with Crippen LogP contribution in [-0.4, -0.2) is 30.4 Å². The van der Waals surface area contributed by atoms with E-state index in [0.29, 0.717) is 24.6 Å². The lowest BCUT2D eigenvalue weighted by atomic mass is 10.1. The third-order valence-corrected chi connectivity index (χ3v) is 3.88. The summed E-state index contributed by atoms with van der Waals surface area (Å²) in [7, 11) is 1.73. The molecular weight excluding hydrogens is 453 g/mol. The molecule has 0 aliphatic heterocycles. The maximum absolute atomic E-state index is 12.0. The van der Waals surface area contributed by atoms with Crippen LogP contribution in [0.1, 0.15) is 41.4 Å². The Balaban J connectivity index is 0.00000364. The van der Waals surface area contributed by atoms with Gasteiger partial charge in [-0.1, -0.05) is 31.5 Å². The van der Waals surface area contributed by atoms with Gasteiger partial charge < -0.3 is 16.0 Å². The summed E-state index contributed by atoms with van der Waals surface area (Å²) in [6.07, 6.45) is 3.84. The summed E-state index contributed by atoms with van der Waals surface area (Å²) in [6, 6.07) is 13.4. The number of benzene rings is 1. The molecule has 1 heterocycles. The number of aliphatic imine (C=N–C) groups is 1. The SMILES string of the molecule is CCCCNC(=O)c1ccc(CNC(=NC)NCc2ccccn2)cc1.I. The zero-order chi connectivity index (χ0) is 18.6. The second kappa shape index (κ2) is 13.1. The Bertz CT molecular complexity index is 704. The first-order valence-electron chi connectivity index (χ1n) is 8.94. The number of carbonyl (C=O) groups is 1. The number of pyridine rings is 1. The normalized spacial score (nSPS) is 10.7. The number of unbranched alkanes of at least 4 members (excludes halogenated alkanes) is 1. The fourth-order valence-electron chi connectivity index (χ4n) is 2.34. The molecule has 0 unspecified atom stereocenters. The lowest BCUT2D eigenvalue weighted by Crippen LogP contribution is -2.36. The highest BCUT2D eigenvalue weighted by Gasteiger charge is 2.05. The molecule has 0 saturated carbocycles. The van der Waals surface area contributed by atoms with Gasteiger partial charge in [0.05, 0.1) is 12.2 Å². The van der Waals surface area contributed by atoms with Crippen molar-refractivity contribution in [2.75, 3.05) is 13.6 Å². The van der Waals surface area contributed by atoms with E-state index in [1.807, 2.05) is 42.5 Å². The minimum absolute atomic E-state index is 0. The number of rotatable bonds is 8. The van der Waals surface area contributed by atoms with Gasteiger partial charge in [0.25, 0.3) is 5.91 Å². The maximum atomic E-state index is 12.0. The molecule has 3 N–H and O–H groups in total. The van der Waals surface area contributed by atoms with Crippen molar-refractivity contribution in [2.45, 2.75) is 32.9 Å². The second-order valence-corrected chi connectivity index (χ2v) is 5.91. The van der Waals surface area contributed by atoms with Gasteiger partial charge in [-0.2, -0.15) is 0 Å². The molecule has 0 radical (unpaired) electrons. The summed E-state index contributed by atoms with van der Waals surface area (Å²) < 4.78 is 0. The third-order valence-electron chi connectivity index (χ3n) is 3.88. The molecule has 0 aliphatic rings. The lowest BCUT2D eigenvalue weighted by molar-refractivity contribution is 0.0953. The van der Waals surface area contributed by atoms with Crippen molar-refractivity contribution in [3.8, 4) is 0 Å². The first-order valence-corrected chi connectivity index (χ1v) is 8.94. The third kappa shape index (κ3) is 8.38. The molecule has 2 aromatic rings. The van der Waals surface area contributed by atoms with Crippen molar-refractivity contribution in [1.29, 1.82) is 0 Å². The van der Waals surface area contributed by atoms with Gasteiger partial charge in [-0.25, -0.2) is 0 Å². The number of aromatic nitrogens is 1. The Hall–Kier alpha value is -2.16. The lowest BCUT2D eigenvalue weighted by Gasteiger charge is -2.12. The van der Waals surface area contributed by atoms with E-state index >= 15 is 0 Å². The molecule has 0 aliphatic carbocycles. The largest absolute Gasteiger partial charge is 0.352 e. The predicted molar refractivity (Wildman–Crippen MR) is 120 cm³/mol. The minimum atomic E-state index is -0.0224. The van der Waals surface area contributed by atoms with Crippen LogP contribution in [0.5, 0.6) is 0 Å². The number of carbonyl (C=O) groups excluding carboxylic acids is 1. The molecule has 0 atom stereocenters. The highest BCUT2D eigenvalue weighted by Crippen LogP contribution is 2.04. The van der Waals surface area contributed by atoms with Gasteiger partial charge in [-0.15, -0.1) is 24.0 Å². The molecule has 2 rings (SSSR count). The molecule has 27 heavy (non-hydrogen) atoms. The molecule has 1 aromatic heterocycles. The summed E-state index contributed by atoms with van der Waals surface area (Å²) >= 11 is 0. The van der Waals surface area contributed by atoms with Crippen LogP contribution in [0, 0.1) is 0 Å². The van der Waals surface area contributed by atoms with Gasteiger partial charge >= 0.3 is 0 Å². The van der Waals surface area contributed by atoms with Gasteiger partial charge in [0, 0.05) is 31.9 Å². The number of amides is 1. The fourth-order valence-corrected chi connectivity index (χ4v) is 2.34. The topological polar surface area (TPSA) is 78.4 Å². The molecule has 0 fully saturated rings. The van der Waals surface area contributed by atoms with E-state index in [9.17, 15) is 4.79 Å². The molecule has 146 valence electrons. The molecule has 7 heteroatoms. The number of guanidine groups is 1. The number of halogens is 1. The smallest absolute Gasteiger partial charge is 0.251 e. The molecule has 1 aromatic carbocycles. The molecule has 0 spiro atoms. The standard InChI is InChI=1S/C20H27N5O.HI/c1-3-4-12-23-19(26)17-10-8-16(9-11-17)14-24-20(21-2)25-15-18-7-5-6-13-22-18;/h5-11,13H,3-4,12,14-15H2,1-2H3,(H,23,26)(H2,21,24,25);1H. The van der Waals surface area contributed by atoms with Crippen molar-refractivity contribution >= 4 is 35.8 Å². The zero-order valence-corrected chi connectivity index (χ0v) is 18.2. The van der Waals surface area contributed by atoms with E-state index in [1.165, 1.54) is 0 Å². The van der Waals surface area contributed by atoms with Gasteiger partial charge in [-0.3, -0.25) is 14.8 Å². The van der Waals surface area contributed by atoms with Gasteiger partial charge in [-0.05, 0) is 36.2 Å². The van der Waals surface area contributed by atoms with Crippen molar-refractivity contribution in [3.63, 3.8) is 0 Å². The molecule has 0 bridgehead atoms. The number of nitrogens with zero attached hydrogens (tertiary/aromatic N) is 2. The molecular formula is C20H28IN5O. The molecule has 0 saturated heterocycles. The minimum Gasteiger partial charge on any atom is -0.352 e. The van der Waals surface area contributed by atoms with Crippen LogP contribution in [0.2, 0.25) is 0 Å². The second-order valence-electron chi connectivity index (χ2n) is 5.91. The maximum Gasteiger partial charge on any atom is 0.251 e. The Morgan fingerprint density at radius 2 is 1.78 bits per heavy atom. The summed E-state index contributed by atoms with van der Waals surface area (Å²) in [6.45, 7) is 4.06. The Morgan fingerprint density at radius 3 is 2.41 bits per heavy atom.